The molecule has 1 aliphatic heterocycles. The van der Waals surface area contributed by atoms with E-state index in [4.69, 9.17) is 4.74 Å². The number of para-hydroxylation sites is 1. The molecule has 32 heavy (non-hydrogen) atoms. The average Bonchev–Trinajstić information content (AvgIpc) is 3.20. The van der Waals surface area contributed by atoms with Gasteiger partial charge in [-0.05, 0) is 31.2 Å². The highest BCUT2D eigenvalue weighted by Crippen LogP contribution is 2.28. The van der Waals surface area contributed by atoms with E-state index in [-0.39, 0.29) is 28.9 Å². The summed E-state index contributed by atoms with van der Waals surface area (Å²) in [5, 5.41) is 0.665. The molecule has 0 radical (unpaired) electrons. The smallest absolute Gasteiger partial charge is 0.320 e. The number of benzene rings is 2. The fraction of sp³-hybridized carbons (Fsp3) is 0.250. The zero-order valence-electron chi connectivity index (χ0n) is 17.7. The number of aromatic nitrogens is 1. The number of esters is 1. The lowest BCUT2D eigenvalue weighted by atomic mass is 9.97. The van der Waals surface area contributed by atoms with E-state index in [9.17, 15) is 18.0 Å². The molecule has 1 aromatic heterocycles. The Balaban J connectivity index is 1.73. The van der Waals surface area contributed by atoms with Gasteiger partial charge in [0, 0.05) is 18.5 Å². The minimum atomic E-state index is -3.99. The van der Waals surface area contributed by atoms with Gasteiger partial charge in [-0.1, -0.05) is 48.6 Å². The van der Waals surface area contributed by atoms with E-state index in [0.29, 0.717) is 30.6 Å². The lowest BCUT2D eigenvalue weighted by Crippen LogP contribution is -2.40. The molecule has 0 saturated heterocycles. The molecular formula is C24H24N2O5S. The number of ketones is 1. The van der Waals surface area contributed by atoms with Gasteiger partial charge in [-0.15, -0.1) is 0 Å². The van der Waals surface area contributed by atoms with E-state index in [1.54, 1.807) is 61.5 Å². The quantitative estimate of drug-likeness (QED) is 0.311. The van der Waals surface area contributed by atoms with Crippen molar-refractivity contribution in [2.24, 2.45) is 5.92 Å². The molecule has 3 aromatic rings. The van der Waals surface area contributed by atoms with E-state index in [1.807, 2.05) is 11.0 Å². The van der Waals surface area contributed by atoms with Crippen LogP contribution in [0.15, 0.2) is 77.7 Å². The lowest BCUT2D eigenvalue weighted by Gasteiger charge is -2.27. The van der Waals surface area contributed by atoms with E-state index in [2.05, 4.69) is 0 Å². The molecule has 0 saturated carbocycles. The second-order valence-electron chi connectivity index (χ2n) is 7.57. The monoisotopic (exact) mass is 452 g/mol. The van der Waals surface area contributed by atoms with E-state index < -0.39 is 15.9 Å². The fourth-order valence-corrected chi connectivity index (χ4v) is 5.46. The van der Waals surface area contributed by atoms with Gasteiger partial charge in [0.2, 0.25) is 0 Å². The maximum Gasteiger partial charge on any atom is 0.320 e. The summed E-state index contributed by atoms with van der Waals surface area (Å²) < 4.78 is 33.2. The third kappa shape index (κ3) is 4.24. The molecular weight excluding hydrogens is 428 g/mol. The zero-order valence-corrected chi connectivity index (χ0v) is 18.5. The van der Waals surface area contributed by atoms with E-state index in [0.717, 1.165) is 3.97 Å². The molecule has 0 spiro atoms. The molecule has 0 fully saturated rings. The van der Waals surface area contributed by atoms with Crippen molar-refractivity contribution in [3.05, 3.63) is 78.5 Å². The van der Waals surface area contributed by atoms with Crippen LogP contribution in [0.5, 0.6) is 0 Å². The number of fused-ring (bicyclic) bond motifs is 1. The fourth-order valence-electron chi connectivity index (χ4n) is 3.92. The van der Waals surface area contributed by atoms with Crippen molar-refractivity contribution in [1.29, 1.82) is 0 Å². The van der Waals surface area contributed by atoms with Gasteiger partial charge < -0.3 is 4.74 Å². The normalized spacial score (nSPS) is 16.8. The Hall–Kier alpha value is -3.23. The van der Waals surface area contributed by atoms with Crippen molar-refractivity contribution in [2.75, 3.05) is 26.2 Å². The summed E-state index contributed by atoms with van der Waals surface area (Å²) in [7, 11) is -3.99. The number of nitrogens with zero attached hydrogens (tertiary/aromatic N) is 2. The van der Waals surface area contributed by atoms with Crippen molar-refractivity contribution in [1.82, 2.24) is 8.87 Å². The van der Waals surface area contributed by atoms with Crippen LogP contribution < -0.4 is 0 Å². The summed E-state index contributed by atoms with van der Waals surface area (Å²) in [6, 6.07) is 16.7. The van der Waals surface area contributed by atoms with Gasteiger partial charge >= 0.3 is 5.97 Å². The Bertz CT molecular complexity index is 1280. The van der Waals surface area contributed by atoms with Crippen LogP contribution in [0.3, 0.4) is 0 Å². The largest absolute Gasteiger partial charge is 0.465 e. The summed E-state index contributed by atoms with van der Waals surface area (Å²) in [6.45, 7) is 2.94. The summed E-state index contributed by atoms with van der Waals surface area (Å²) in [6.07, 6.45) is 3.60. The average molecular weight is 453 g/mol. The molecule has 8 heteroatoms. The van der Waals surface area contributed by atoms with Crippen LogP contribution in [0.25, 0.3) is 10.9 Å². The molecule has 2 aromatic carbocycles. The third-order valence-corrected chi connectivity index (χ3v) is 7.12. The highest BCUT2D eigenvalue weighted by Gasteiger charge is 2.31. The number of hydrogen-bond acceptors (Lipinski definition) is 6. The molecule has 1 unspecified atom stereocenters. The van der Waals surface area contributed by atoms with Crippen molar-refractivity contribution < 1.29 is 22.7 Å². The number of Topliss-reactive ketones (excluding diaryl/α,β-unsaturated/α-hetero) is 1. The van der Waals surface area contributed by atoms with E-state index in [1.165, 1.54) is 12.1 Å². The lowest BCUT2D eigenvalue weighted by molar-refractivity contribution is -0.144. The Morgan fingerprint density at radius 1 is 1.06 bits per heavy atom. The van der Waals surface area contributed by atoms with Gasteiger partial charge in [-0.25, -0.2) is 12.4 Å². The van der Waals surface area contributed by atoms with Crippen molar-refractivity contribution in [3.63, 3.8) is 0 Å². The maximum atomic E-state index is 13.5. The van der Waals surface area contributed by atoms with Crippen molar-refractivity contribution in [3.8, 4) is 0 Å². The minimum absolute atomic E-state index is 0.0766. The van der Waals surface area contributed by atoms with Crippen molar-refractivity contribution >= 4 is 32.7 Å². The number of rotatable bonds is 7. The van der Waals surface area contributed by atoms with Gasteiger partial charge in [-0.3, -0.25) is 14.5 Å². The summed E-state index contributed by atoms with van der Waals surface area (Å²) in [5.74, 6) is -1.24. The minimum Gasteiger partial charge on any atom is -0.465 e. The topological polar surface area (TPSA) is 85.7 Å². The van der Waals surface area contributed by atoms with Crippen LogP contribution >= 0.6 is 0 Å². The van der Waals surface area contributed by atoms with Crippen LogP contribution in [-0.2, 0) is 19.6 Å². The van der Waals surface area contributed by atoms with Crippen molar-refractivity contribution in [2.45, 2.75) is 11.8 Å². The van der Waals surface area contributed by atoms with Gasteiger partial charge in [0.05, 0.1) is 29.5 Å². The first kappa shape index (κ1) is 22.0. The van der Waals surface area contributed by atoms with Crippen LogP contribution in [-0.4, -0.2) is 55.3 Å². The number of ether oxygens (including phenoxy) is 1. The van der Waals surface area contributed by atoms with Crippen LogP contribution in [0, 0.1) is 5.92 Å². The molecule has 0 bridgehead atoms. The maximum absolute atomic E-state index is 13.5. The number of carbonyl (C=O) groups is 2. The highest BCUT2D eigenvalue weighted by atomic mass is 32.2. The molecule has 1 aliphatic rings. The zero-order chi connectivity index (χ0) is 22.7. The highest BCUT2D eigenvalue weighted by molar-refractivity contribution is 7.90. The first-order valence-electron chi connectivity index (χ1n) is 10.4. The van der Waals surface area contributed by atoms with Gasteiger partial charge in [0.15, 0.2) is 5.78 Å². The molecule has 0 aliphatic carbocycles. The van der Waals surface area contributed by atoms with Gasteiger partial charge in [0.1, 0.15) is 5.69 Å². The molecule has 4 rings (SSSR count). The van der Waals surface area contributed by atoms with E-state index >= 15 is 0 Å². The molecule has 0 N–H and O–H groups in total. The van der Waals surface area contributed by atoms with Crippen LogP contribution in [0.4, 0.5) is 0 Å². The summed E-state index contributed by atoms with van der Waals surface area (Å²) >= 11 is 0. The number of hydrogen-bond donors (Lipinski definition) is 0. The second kappa shape index (κ2) is 9.10. The van der Waals surface area contributed by atoms with Gasteiger partial charge in [-0.2, -0.15) is 0 Å². The van der Waals surface area contributed by atoms with Crippen LogP contribution in [0.1, 0.15) is 17.4 Å². The molecule has 7 nitrogen and oxygen atoms in total. The SMILES string of the molecule is CCOC(=O)CN1CC=CC(C(=O)c2cc3ccccc3n2S(=O)(=O)c2ccccc2)C1. The molecule has 1 atom stereocenters. The molecule has 2 heterocycles. The van der Waals surface area contributed by atoms with Gasteiger partial charge in [0.25, 0.3) is 10.0 Å². The Morgan fingerprint density at radius 2 is 1.78 bits per heavy atom. The first-order valence-corrected chi connectivity index (χ1v) is 11.9. The van der Waals surface area contributed by atoms with Crippen LogP contribution in [0.2, 0.25) is 0 Å². The standard InChI is InChI=1S/C24H24N2O5S/c1-2-31-23(27)17-25-14-8-10-19(16-25)24(28)22-15-18-9-6-7-13-21(18)26(22)32(29,30)20-11-4-3-5-12-20/h3-13,15,19H,2,14,16-17H2,1H3. The molecule has 166 valence electrons. The predicted molar refractivity (Wildman–Crippen MR) is 121 cm³/mol. The Morgan fingerprint density at radius 3 is 2.53 bits per heavy atom. The summed E-state index contributed by atoms with van der Waals surface area (Å²) in [4.78, 5) is 27.3. The number of carbonyl (C=O) groups excluding carboxylic acids is 2. The second-order valence-corrected chi connectivity index (χ2v) is 9.36. The predicted octanol–water partition coefficient (Wildman–Crippen LogP) is 3.11. The molecule has 0 amide bonds. The Labute approximate surface area is 187 Å². The Kier molecular flexibility index (Phi) is 6.25. The third-order valence-electron chi connectivity index (χ3n) is 5.38. The first-order chi connectivity index (χ1) is 15.4. The summed E-state index contributed by atoms with van der Waals surface area (Å²) in [5.41, 5.74) is 0.547.